The highest BCUT2D eigenvalue weighted by atomic mass is 32.2. The molecule has 0 saturated heterocycles. The van der Waals surface area contributed by atoms with Gasteiger partial charge in [-0.1, -0.05) is 48.5 Å². The third-order valence-electron chi connectivity index (χ3n) is 4.93. The molecule has 0 heterocycles. The lowest BCUT2D eigenvalue weighted by Crippen LogP contribution is -2.23. The van der Waals surface area contributed by atoms with Crippen molar-refractivity contribution in [2.24, 2.45) is 0 Å². The van der Waals surface area contributed by atoms with Crippen LogP contribution in [0.4, 0.5) is 5.69 Å². The number of hydrogen-bond acceptors (Lipinski definition) is 4. The summed E-state index contributed by atoms with van der Waals surface area (Å²) in [4.78, 5) is 0.152. The lowest BCUT2D eigenvalue weighted by molar-refractivity contribution is 0.520. The highest BCUT2D eigenvalue weighted by Gasteiger charge is 2.23. The zero-order chi connectivity index (χ0) is 22.1. The van der Waals surface area contributed by atoms with Gasteiger partial charge < -0.3 is 0 Å². The van der Waals surface area contributed by atoms with Crippen molar-refractivity contribution in [1.29, 1.82) is 0 Å². The van der Waals surface area contributed by atoms with Crippen molar-refractivity contribution < 1.29 is 16.8 Å². The van der Waals surface area contributed by atoms with Gasteiger partial charge in [-0.3, -0.25) is 4.72 Å². The Balaban J connectivity index is 2.11. The Morgan fingerprint density at radius 1 is 0.800 bits per heavy atom. The first kappa shape index (κ1) is 22.0. The Morgan fingerprint density at radius 2 is 1.40 bits per heavy atom. The average molecular weight is 445 g/mol. The van der Waals surface area contributed by atoms with Gasteiger partial charge in [-0.25, -0.2) is 21.1 Å². The SMILES string of the molecule is Cc1cc(S(=O)(=O)N(C)C)cc(NS(=O)(=O)c2ccccc2-c2ccccc2)c1C. The molecule has 0 bridgehead atoms. The lowest BCUT2D eigenvalue weighted by Gasteiger charge is -2.18. The maximum Gasteiger partial charge on any atom is 0.262 e. The average Bonchev–Trinajstić information content (AvgIpc) is 2.71. The van der Waals surface area contributed by atoms with E-state index in [0.29, 0.717) is 16.7 Å². The first-order valence-corrected chi connectivity index (χ1v) is 12.2. The molecule has 0 atom stereocenters. The maximum atomic E-state index is 13.3. The third kappa shape index (κ3) is 4.26. The molecule has 0 aromatic heterocycles. The second-order valence-electron chi connectivity index (χ2n) is 7.17. The number of rotatable bonds is 6. The monoisotopic (exact) mass is 444 g/mol. The third-order valence-corrected chi connectivity index (χ3v) is 8.14. The van der Waals surface area contributed by atoms with Gasteiger partial charge in [0, 0.05) is 19.7 Å². The molecular formula is C22H24N2O4S2. The Morgan fingerprint density at radius 3 is 2.03 bits per heavy atom. The van der Waals surface area contributed by atoms with E-state index < -0.39 is 20.0 Å². The molecule has 1 N–H and O–H groups in total. The fourth-order valence-corrected chi connectivity index (χ4v) is 5.41. The number of aryl methyl sites for hydroxylation is 1. The van der Waals surface area contributed by atoms with Gasteiger partial charge >= 0.3 is 0 Å². The molecule has 8 heteroatoms. The van der Waals surface area contributed by atoms with E-state index >= 15 is 0 Å². The number of hydrogen-bond donors (Lipinski definition) is 1. The minimum Gasteiger partial charge on any atom is -0.279 e. The van der Waals surface area contributed by atoms with Gasteiger partial charge in [0.2, 0.25) is 10.0 Å². The maximum absolute atomic E-state index is 13.3. The van der Waals surface area contributed by atoms with Crippen LogP contribution in [0.5, 0.6) is 0 Å². The van der Waals surface area contributed by atoms with Gasteiger partial charge in [0.05, 0.1) is 15.5 Å². The number of nitrogens with one attached hydrogen (secondary N) is 1. The minimum atomic E-state index is -3.97. The number of anilines is 1. The summed E-state index contributed by atoms with van der Waals surface area (Å²) in [6.45, 7) is 3.50. The Labute approximate surface area is 178 Å². The van der Waals surface area contributed by atoms with Crippen LogP contribution >= 0.6 is 0 Å². The zero-order valence-electron chi connectivity index (χ0n) is 17.2. The van der Waals surface area contributed by atoms with Crippen molar-refractivity contribution in [3.05, 3.63) is 77.9 Å². The molecule has 0 fully saturated rings. The summed E-state index contributed by atoms with van der Waals surface area (Å²) in [7, 11) is -4.81. The Hall–Kier alpha value is -2.68. The number of sulfonamides is 2. The summed E-state index contributed by atoms with van der Waals surface area (Å²) in [5.41, 5.74) is 2.91. The predicted octanol–water partition coefficient (Wildman–Crippen LogP) is 4.02. The Bertz CT molecular complexity index is 1280. The van der Waals surface area contributed by atoms with E-state index in [1.807, 2.05) is 30.3 Å². The van der Waals surface area contributed by atoms with Crippen LogP contribution in [0.1, 0.15) is 11.1 Å². The van der Waals surface area contributed by atoms with Crippen LogP contribution in [0.25, 0.3) is 11.1 Å². The van der Waals surface area contributed by atoms with Crippen LogP contribution in [0.2, 0.25) is 0 Å². The molecule has 0 aliphatic rings. The standard InChI is InChI=1S/C22H24N2O4S2/c1-16-14-19(30(27,28)24(3)4)15-21(17(16)2)23-29(25,26)22-13-9-8-12-20(22)18-10-6-5-7-11-18/h5-15,23H,1-4H3. The van der Waals surface area contributed by atoms with Crippen molar-refractivity contribution in [2.45, 2.75) is 23.6 Å². The molecule has 3 aromatic rings. The molecule has 6 nitrogen and oxygen atoms in total. The van der Waals surface area contributed by atoms with E-state index in [1.165, 1.54) is 26.2 Å². The first-order chi connectivity index (χ1) is 14.0. The topological polar surface area (TPSA) is 83.6 Å². The number of benzene rings is 3. The highest BCUT2D eigenvalue weighted by Crippen LogP contribution is 2.31. The largest absolute Gasteiger partial charge is 0.279 e. The zero-order valence-corrected chi connectivity index (χ0v) is 18.9. The van der Waals surface area contributed by atoms with E-state index in [0.717, 1.165) is 9.87 Å². The molecule has 0 saturated carbocycles. The van der Waals surface area contributed by atoms with E-state index in [-0.39, 0.29) is 15.5 Å². The molecule has 0 amide bonds. The van der Waals surface area contributed by atoms with Crippen LogP contribution in [0.15, 0.2) is 76.5 Å². The molecule has 0 spiro atoms. The van der Waals surface area contributed by atoms with Crippen LogP contribution in [-0.2, 0) is 20.0 Å². The Kier molecular flexibility index (Phi) is 6.03. The van der Waals surface area contributed by atoms with Gasteiger partial charge in [-0.2, -0.15) is 0 Å². The number of nitrogens with zero attached hydrogens (tertiary/aromatic N) is 1. The van der Waals surface area contributed by atoms with E-state index in [9.17, 15) is 16.8 Å². The van der Waals surface area contributed by atoms with Crippen molar-refractivity contribution in [2.75, 3.05) is 18.8 Å². The van der Waals surface area contributed by atoms with Crippen LogP contribution in [0, 0.1) is 13.8 Å². The lowest BCUT2D eigenvalue weighted by atomic mass is 10.1. The molecule has 158 valence electrons. The van der Waals surface area contributed by atoms with Gasteiger partial charge in [-0.15, -0.1) is 0 Å². The highest BCUT2D eigenvalue weighted by molar-refractivity contribution is 7.93. The van der Waals surface area contributed by atoms with Crippen molar-refractivity contribution in [3.63, 3.8) is 0 Å². The molecule has 30 heavy (non-hydrogen) atoms. The van der Waals surface area contributed by atoms with Gasteiger partial charge in [0.15, 0.2) is 0 Å². The summed E-state index contributed by atoms with van der Waals surface area (Å²) < 4.78 is 55.4. The normalized spacial score (nSPS) is 12.2. The first-order valence-electron chi connectivity index (χ1n) is 9.25. The molecule has 0 aliphatic heterocycles. The molecule has 0 radical (unpaired) electrons. The fraction of sp³-hybridized carbons (Fsp3) is 0.182. The van der Waals surface area contributed by atoms with Gasteiger partial charge in [-0.05, 0) is 48.7 Å². The summed E-state index contributed by atoms with van der Waals surface area (Å²) in [5.74, 6) is 0. The summed E-state index contributed by atoms with van der Waals surface area (Å²) >= 11 is 0. The van der Waals surface area contributed by atoms with Crippen LogP contribution < -0.4 is 4.72 Å². The summed E-state index contributed by atoms with van der Waals surface area (Å²) in [5, 5.41) is 0. The summed E-state index contributed by atoms with van der Waals surface area (Å²) in [6, 6.07) is 18.9. The van der Waals surface area contributed by atoms with Gasteiger partial charge in [0.1, 0.15) is 0 Å². The van der Waals surface area contributed by atoms with Crippen LogP contribution in [-0.4, -0.2) is 35.2 Å². The molecule has 3 aromatic carbocycles. The smallest absolute Gasteiger partial charge is 0.262 e. The molecule has 3 rings (SSSR count). The van der Waals surface area contributed by atoms with Gasteiger partial charge in [0.25, 0.3) is 10.0 Å². The van der Waals surface area contributed by atoms with Crippen molar-refractivity contribution >= 4 is 25.7 Å². The summed E-state index contributed by atoms with van der Waals surface area (Å²) in [6.07, 6.45) is 0. The van der Waals surface area contributed by atoms with E-state index in [4.69, 9.17) is 0 Å². The molecular weight excluding hydrogens is 420 g/mol. The van der Waals surface area contributed by atoms with Crippen molar-refractivity contribution in [3.8, 4) is 11.1 Å². The molecule has 0 unspecified atom stereocenters. The second kappa shape index (κ2) is 8.22. The second-order valence-corrected chi connectivity index (χ2v) is 11.0. The fourth-order valence-electron chi connectivity index (χ4n) is 3.05. The minimum absolute atomic E-state index is 0.0321. The van der Waals surface area contributed by atoms with E-state index in [2.05, 4.69) is 4.72 Å². The molecule has 0 aliphatic carbocycles. The van der Waals surface area contributed by atoms with E-state index in [1.54, 1.807) is 38.1 Å². The van der Waals surface area contributed by atoms with Crippen molar-refractivity contribution in [1.82, 2.24) is 4.31 Å². The quantitative estimate of drug-likeness (QED) is 0.622. The predicted molar refractivity (Wildman–Crippen MR) is 119 cm³/mol. The van der Waals surface area contributed by atoms with Crippen LogP contribution in [0.3, 0.4) is 0 Å².